The van der Waals surface area contributed by atoms with E-state index < -0.39 is 10.5 Å². The second-order valence-corrected chi connectivity index (χ2v) is 5.12. The number of nitrogens with one attached hydrogen (secondary N) is 1. The van der Waals surface area contributed by atoms with Crippen molar-refractivity contribution in [3.05, 3.63) is 57.9 Å². The number of nitro groups is 1. The predicted octanol–water partition coefficient (Wildman–Crippen LogP) is 2.83. The molecular weight excluding hydrogens is 284 g/mol. The van der Waals surface area contributed by atoms with Crippen LogP contribution in [0.5, 0.6) is 0 Å². The van der Waals surface area contributed by atoms with Crippen LogP contribution in [0.3, 0.4) is 0 Å². The van der Waals surface area contributed by atoms with E-state index in [4.69, 9.17) is 4.74 Å². The van der Waals surface area contributed by atoms with Crippen LogP contribution in [0, 0.1) is 10.1 Å². The molecule has 2 aromatic rings. The molecule has 116 valence electrons. The van der Waals surface area contributed by atoms with Crippen molar-refractivity contribution in [1.82, 2.24) is 4.98 Å². The molecule has 0 fully saturated rings. The summed E-state index contributed by atoms with van der Waals surface area (Å²) >= 11 is 0. The van der Waals surface area contributed by atoms with Crippen LogP contribution in [-0.4, -0.2) is 34.3 Å². The lowest BCUT2D eigenvalue weighted by molar-refractivity contribution is -0.400. The van der Waals surface area contributed by atoms with Gasteiger partial charge in [0.15, 0.2) is 0 Å². The Balaban J connectivity index is 2.48. The van der Waals surface area contributed by atoms with E-state index in [0.717, 1.165) is 28.2 Å². The first-order valence-electron chi connectivity index (χ1n) is 6.76. The van der Waals surface area contributed by atoms with E-state index in [-0.39, 0.29) is 6.61 Å². The Morgan fingerprint density at radius 3 is 2.82 bits per heavy atom. The quantitative estimate of drug-likeness (QED) is 0.634. The summed E-state index contributed by atoms with van der Waals surface area (Å²) in [6.07, 6.45) is 7.71. The molecule has 2 rings (SSSR count). The van der Waals surface area contributed by atoms with Crippen LogP contribution >= 0.6 is 0 Å². The standard InChI is InChI=1S/C16H18N2O4/c1-16(11-19,22-2)8-6-12-4-3-5-14-15(12)13(10-17-14)7-9-18(20)21/h3-10,17,19H,11H2,1-2H3/b8-6+,9-7+. The average molecular weight is 302 g/mol. The topological polar surface area (TPSA) is 88.4 Å². The van der Waals surface area contributed by atoms with Gasteiger partial charge in [0.05, 0.1) is 11.5 Å². The van der Waals surface area contributed by atoms with Crippen molar-refractivity contribution < 1.29 is 14.8 Å². The monoisotopic (exact) mass is 302 g/mol. The molecule has 1 atom stereocenters. The van der Waals surface area contributed by atoms with Gasteiger partial charge in [-0.1, -0.05) is 24.3 Å². The minimum absolute atomic E-state index is 0.142. The molecule has 6 heteroatoms. The van der Waals surface area contributed by atoms with E-state index in [1.165, 1.54) is 13.2 Å². The number of rotatable bonds is 6. The highest BCUT2D eigenvalue weighted by Gasteiger charge is 2.18. The van der Waals surface area contributed by atoms with Gasteiger partial charge in [0.2, 0.25) is 6.20 Å². The van der Waals surface area contributed by atoms with Gasteiger partial charge in [0.25, 0.3) is 0 Å². The van der Waals surface area contributed by atoms with Crippen LogP contribution in [0.15, 0.2) is 36.7 Å². The van der Waals surface area contributed by atoms with Crippen LogP contribution < -0.4 is 0 Å². The zero-order chi connectivity index (χ0) is 16.2. The van der Waals surface area contributed by atoms with Crippen molar-refractivity contribution in [2.45, 2.75) is 12.5 Å². The Bertz CT molecular complexity index is 727. The van der Waals surface area contributed by atoms with E-state index >= 15 is 0 Å². The molecule has 0 radical (unpaired) electrons. The van der Waals surface area contributed by atoms with Crippen molar-refractivity contribution in [3.63, 3.8) is 0 Å². The van der Waals surface area contributed by atoms with E-state index in [1.807, 2.05) is 24.3 Å². The molecule has 6 nitrogen and oxygen atoms in total. The highest BCUT2D eigenvalue weighted by atomic mass is 16.6. The summed E-state index contributed by atoms with van der Waals surface area (Å²) < 4.78 is 5.26. The first-order chi connectivity index (χ1) is 10.5. The minimum atomic E-state index is -0.769. The third-order valence-electron chi connectivity index (χ3n) is 3.54. The molecule has 2 N–H and O–H groups in total. The Morgan fingerprint density at radius 1 is 1.41 bits per heavy atom. The van der Waals surface area contributed by atoms with Gasteiger partial charge < -0.3 is 14.8 Å². The van der Waals surface area contributed by atoms with Crippen LogP contribution in [-0.2, 0) is 4.74 Å². The Kier molecular flexibility index (Phi) is 4.75. The average Bonchev–Trinajstić information content (AvgIpc) is 2.94. The number of hydrogen-bond acceptors (Lipinski definition) is 4. The molecule has 0 bridgehead atoms. The summed E-state index contributed by atoms with van der Waals surface area (Å²) in [5.74, 6) is 0. The molecular formula is C16H18N2O4. The summed E-state index contributed by atoms with van der Waals surface area (Å²) in [4.78, 5) is 13.1. The van der Waals surface area contributed by atoms with Gasteiger partial charge in [-0.2, -0.15) is 0 Å². The van der Waals surface area contributed by atoms with Crippen molar-refractivity contribution in [2.24, 2.45) is 0 Å². The number of aromatic amines is 1. The maximum absolute atomic E-state index is 10.5. The fraction of sp³-hybridized carbons (Fsp3) is 0.250. The Labute approximate surface area is 127 Å². The molecule has 0 saturated heterocycles. The number of benzene rings is 1. The number of H-pyrrole nitrogens is 1. The molecule has 0 aliphatic carbocycles. The highest BCUT2D eigenvalue weighted by Crippen LogP contribution is 2.26. The van der Waals surface area contributed by atoms with Crippen molar-refractivity contribution in [3.8, 4) is 0 Å². The summed E-state index contributed by atoms with van der Waals surface area (Å²) in [6, 6.07) is 5.70. The highest BCUT2D eigenvalue weighted by molar-refractivity contribution is 5.95. The van der Waals surface area contributed by atoms with Gasteiger partial charge in [-0.15, -0.1) is 0 Å². The number of aromatic nitrogens is 1. The summed E-state index contributed by atoms with van der Waals surface area (Å²) in [5, 5.41) is 20.8. The fourth-order valence-corrected chi connectivity index (χ4v) is 2.10. The van der Waals surface area contributed by atoms with Crippen molar-refractivity contribution in [1.29, 1.82) is 0 Å². The molecule has 1 aromatic carbocycles. The van der Waals surface area contributed by atoms with E-state index in [9.17, 15) is 15.2 Å². The number of aliphatic hydroxyl groups is 1. The molecule has 1 heterocycles. The lowest BCUT2D eigenvalue weighted by Crippen LogP contribution is -2.28. The smallest absolute Gasteiger partial charge is 0.235 e. The molecule has 22 heavy (non-hydrogen) atoms. The molecule has 0 saturated carbocycles. The van der Waals surface area contributed by atoms with Gasteiger partial charge in [0, 0.05) is 35.8 Å². The lowest BCUT2D eigenvalue weighted by Gasteiger charge is -2.21. The number of methoxy groups -OCH3 is 1. The largest absolute Gasteiger partial charge is 0.393 e. The predicted molar refractivity (Wildman–Crippen MR) is 85.9 cm³/mol. The van der Waals surface area contributed by atoms with Crippen molar-refractivity contribution in [2.75, 3.05) is 13.7 Å². The normalized spacial score (nSPS) is 14.9. The molecule has 0 aliphatic heterocycles. The summed E-state index contributed by atoms with van der Waals surface area (Å²) in [5.41, 5.74) is 1.73. The maximum atomic E-state index is 10.5. The van der Waals surface area contributed by atoms with Crippen LogP contribution in [0.25, 0.3) is 23.1 Å². The SMILES string of the molecule is COC(C)(/C=C/c1cccc2[nH]cc(/C=C/[N+](=O)[O-])c12)CO. The molecule has 0 spiro atoms. The van der Waals surface area contributed by atoms with E-state index in [1.54, 1.807) is 19.2 Å². The number of nitrogens with zero attached hydrogens (tertiary/aromatic N) is 1. The van der Waals surface area contributed by atoms with Gasteiger partial charge >= 0.3 is 0 Å². The summed E-state index contributed by atoms with van der Waals surface area (Å²) in [7, 11) is 1.53. The van der Waals surface area contributed by atoms with Crippen LogP contribution in [0.2, 0.25) is 0 Å². The third kappa shape index (κ3) is 3.41. The summed E-state index contributed by atoms with van der Waals surface area (Å²) in [6.45, 7) is 1.63. The Morgan fingerprint density at radius 2 is 2.18 bits per heavy atom. The molecule has 0 aliphatic rings. The van der Waals surface area contributed by atoms with Crippen molar-refractivity contribution >= 4 is 23.1 Å². The second kappa shape index (κ2) is 6.55. The first kappa shape index (κ1) is 15.9. The van der Waals surface area contributed by atoms with Gasteiger partial charge in [-0.3, -0.25) is 10.1 Å². The number of fused-ring (bicyclic) bond motifs is 1. The zero-order valence-electron chi connectivity index (χ0n) is 12.4. The number of ether oxygens (including phenoxy) is 1. The van der Waals surface area contributed by atoms with Gasteiger partial charge in [-0.25, -0.2) is 0 Å². The number of aliphatic hydroxyl groups excluding tert-OH is 1. The molecule has 0 amide bonds. The van der Waals surface area contributed by atoms with E-state index in [2.05, 4.69) is 4.98 Å². The minimum Gasteiger partial charge on any atom is -0.393 e. The molecule has 1 aromatic heterocycles. The maximum Gasteiger partial charge on any atom is 0.235 e. The lowest BCUT2D eigenvalue weighted by atomic mass is 10.0. The van der Waals surface area contributed by atoms with Crippen LogP contribution in [0.4, 0.5) is 0 Å². The molecule has 1 unspecified atom stereocenters. The zero-order valence-corrected chi connectivity index (χ0v) is 12.4. The second-order valence-electron chi connectivity index (χ2n) is 5.12. The fourth-order valence-electron chi connectivity index (χ4n) is 2.10. The van der Waals surface area contributed by atoms with Gasteiger partial charge in [0.1, 0.15) is 5.60 Å². The first-order valence-corrected chi connectivity index (χ1v) is 6.76. The number of hydrogen-bond donors (Lipinski definition) is 2. The van der Waals surface area contributed by atoms with Crippen LogP contribution in [0.1, 0.15) is 18.1 Å². The third-order valence-corrected chi connectivity index (χ3v) is 3.54. The Hall–Kier alpha value is -2.44. The van der Waals surface area contributed by atoms with E-state index in [0.29, 0.717) is 0 Å². The van der Waals surface area contributed by atoms with Gasteiger partial charge in [-0.05, 0) is 18.6 Å².